The molecule has 1 aromatic carbocycles. The number of benzene rings is 1. The second-order valence-corrected chi connectivity index (χ2v) is 5.00. The molecule has 0 aliphatic carbocycles. The lowest BCUT2D eigenvalue weighted by Gasteiger charge is -2.15. The fraction of sp³-hybridized carbons (Fsp3) is 0.333. The fourth-order valence-electron chi connectivity index (χ4n) is 1.95. The maximum Gasteiger partial charge on any atom is 0.308 e. The summed E-state index contributed by atoms with van der Waals surface area (Å²) >= 11 is 3.31. The van der Waals surface area contributed by atoms with Gasteiger partial charge in [0, 0.05) is 23.1 Å². The number of nitrogens with zero attached hydrogens (tertiary/aromatic N) is 1. The van der Waals surface area contributed by atoms with Crippen LogP contribution in [0, 0.1) is 5.92 Å². The molecule has 0 saturated carbocycles. The molecule has 0 aromatic heterocycles. The maximum absolute atomic E-state index is 12.1. The van der Waals surface area contributed by atoms with Crippen molar-refractivity contribution >= 4 is 27.8 Å². The molecule has 5 heteroatoms. The van der Waals surface area contributed by atoms with E-state index >= 15 is 0 Å². The summed E-state index contributed by atoms with van der Waals surface area (Å²) in [5.74, 6) is -1.35. The van der Waals surface area contributed by atoms with E-state index in [0.29, 0.717) is 25.1 Å². The van der Waals surface area contributed by atoms with E-state index in [9.17, 15) is 9.59 Å². The van der Waals surface area contributed by atoms with Crippen LogP contribution in [-0.4, -0.2) is 35.0 Å². The van der Waals surface area contributed by atoms with Gasteiger partial charge in [-0.05, 0) is 24.6 Å². The molecular weight excluding hydrogens is 286 g/mol. The first-order valence-corrected chi connectivity index (χ1v) is 6.15. The molecule has 90 valence electrons. The van der Waals surface area contributed by atoms with Crippen LogP contribution in [0.5, 0.6) is 0 Å². The number of hydrogen-bond donors (Lipinski definition) is 1. The van der Waals surface area contributed by atoms with Crippen LogP contribution in [0.1, 0.15) is 16.8 Å². The molecule has 2 rings (SSSR count). The third-order valence-corrected chi connectivity index (χ3v) is 3.39. The predicted octanol–water partition coefficient (Wildman–Crippen LogP) is 2.00. The monoisotopic (exact) mass is 297 g/mol. The number of halogens is 1. The van der Waals surface area contributed by atoms with Gasteiger partial charge in [0.25, 0.3) is 5.91 Å². The summed E-state index contributed by atoms with van der Waals surface area (Å²) < 4.78 is 0.845. The normalized spacial score (nSPS) is 19.4. The number of rotatable bonds is 2. The molecule has 1 aromatic rings. The van der Waals surface area contributed by atoms with Gasteiger partial charge in [-0.15, -0.1) is 0 Å². The van der Waals surface area contributed by atoms with Crippen molar-refractivity contribution in [1.82, 2.24) is 4.90 Å². The second kappa shape index (κ2) is 4.87. The van der Waals surface area contributed by atoms with E-state index < -0.39 is 11.9 Å². The summed E-state index contributed by atoms with van der Waals surface area (Å²) in [5, 5.41) is 8.88. The van der Waals surface area contributed by atoms with Crippen LogP contribution in [0.25, 0.3) is 0 Å². The molecule has 0 bridgehead atoms. The number of carboxylic acids is 1. The Morgan fingerprint density at radius 1 is 1.41 bits per heavy atom. The molecule has 1 atom stereocenters. The molecule has 0 unspecified atom stereocenters. The lowest BCUT2D eigenvalue weighted by molar-refractivity contribution is -0.141. The molecule has 1 amide bonds. The summed E-state index contributed by atoms with van der Waals surface area (Å²) in [6.07, 6.45) is 0.537. The van der Waals surface area contributed by atoms with Gasteiger partial charge in [-0.3, -0.25) is 9.59 Å². The van der Waals surface area contributed by atoms with E-state index in [0.717, 1.165) is 4.47 Å². The maximum atomic E-state index is 12.1. The Bertz CT molecular complexity index is 461. The van der Waals surface area contributed by atoms with Gasteiger partial charge in [-0.1, -0.05) is 22.0 Å². The van der Waals surface area contributed by atoms with E-state index in [1.54, 1.807) is 23.1 Å². The van der Waals surface area contributed by atoms with E-state index in [2.05, 4.69) is 15.9 Å². The van der Waals surface area contributed by atoms with Crippen molar-refractivity contribution in [2.24, 2.45) is 5.92 Å². The van der Waals surface area contributed by atoms with Crippen LogP contribution in [0.4, 0.5) is 0 Å². The van der Waals surface area contributed by atoms with Crippen LogP contribution in [0.2, 0.25) is 0 Å². The first kappa shape index (κ1) is 12.1. The number of hydrogen-bond acceptors (Lipinski definition) is 2. The Morgan fingerprint density at radius 2 is 2.18 bits per heavy atom. The molecule has 1 fully saturated rings. The molecule has 0 spiro atoms. The van der Waals surface area contributed by atoms with Crippen LogP contribution in [-0.2, 0) is 4.79 Å². The van der Waals surface area contributed by atoms with Gasteiger partial charge >= 0.3 is 5.97 Å². The van der Waals surface area contributed by atoms with Crippen molar-refractivity contribution in [1.29, 1.82) is 0 Å². The van der Waals surface area contributed by atoms with Gasteiger partial charge < -0.3 is 10.0 Å². The zero-order valence-corrected chi connectivity index (χ0v) is 10.7. The van der Waals surface area contributed by atoms with E-state index in [1.165, 1.54) is 0 Å². The van der Waals surface area contributed by atoms with Crippen molar-refractivity contribution < 1.29 is 14.7 Å². The summed E-state index contributed by atoms with van der Waals surface area (Å²) in [7, 11) is 0. The van der Waals surface area contributed by atoms with Crippen LogP contribution >= 0.6 is 15.9 Å². The van der Waals surface area contributed by atoms with Crippen molar-refractivity contribution in [3.8, 4) is 0 Å². The molecule has 1 aliphatic heterocycles. The molecule has 1 heterocycles. The number of likely N-dealkylation sites (tertiary alicyclic amines) is 1. The molecular formula is C12H12BrNO3. The highest BCUT2D eigenvalue weighted by atomic mass is 79.9. The second-order valence-electron chi connectivity index (χ2n) is 4.09. The molecule has 0 radical (unpaired) electrons. The Balaban J connectivity index is 2.09. The van der Waals surface area contributed by atoms with Crippen molar-refractivity contribution in [2.45, 2.75) is 6.42 Å². The Kier molecular flexibility index (Phi) is 3.47. The highest BCUT2D eigenvalue weighted by molar-refractivity contribution is 9.10. The summed E-state index contributed by atoms with van der Waals surface area (Å²) in [5.41, 5.74) is 0.588. The topological polar surface area (TPSA) is 57.6 Å². The lowest BCUT2D eigenvalue weighted by atomic mass is 10.1. The van der Waals surface area contributed by atoms with Crippen molar-refractivity contribution in [3.63, 3.8) is 0 Å². The lowest BCUT2D eigenvalue weighted by Crippen LogP contribution is -2.29. The van der Waals surface area contributed by atoms with Crippen LogP contribution in [0.3, 0.4) is 0 Å². The van der Waals surface area contributed by atoms with Gasteiger partial charge in [0.1, 0.15) is 0 Å². The van der Waals surface area contributed by atoms with Gasteiger partial charge in [-0.2, -0.15) is 0 Å². The smallest absolute Gasteiger partial charge is 0.308 e. The minimum Gasteiger partial charge on any atom is -0.481 e. The fourth-order valence-corrected chi connectivity index (χ4v) is 2.35. The number of aliphatic carboxylic acids is 1. The van der Waals surface area contributed by atoms with Crippen LogP contribution in [0.15, 0.2) is 28.7 Å². The Morgan fingerprint density at radius 3 is 2.76 bits per heavy atom. The Labute approximate surface area is 107 Å². The minimum atomic E-state index is -0.824. The number of carbonyl (C=O) groups excluding carboxylic acids is 1. The standard InChI is InChI=1S/C12H12BrNO3/c13-10-3-1-2-8(6-10)11(15)14-5-4-9(7-14)12(16)17/h1-3,6,9H,4-5,7H2,(H,16,17)/t9-/m0/s1. The highest BCUT2D eigenvalue weighted by Gasteiger charge is 2.31. The van der Waals surface area contributed by atoms with Gasteiger partial charge in [0.05, 0.1) is 5.92 Å². The highest BCUT2D eigenvalue weighted by Crippen LogP contribution is 2.20. The molecule has 1 saturated heterocycles. The molecule has 17 heavy (non-hydrogen) atoms. The number of carboxylic acid groups (broad SMARTS) is 1. The van der Waals surface area contributed by atoms with Gasteiger partial charge in [0.15, 0.2) is 0 Å². The molecule has 4 nitrogen and oxygen atoms in total. The summed E-state index contributed by atoms with van der Waals surface area (Å²) in [6, 6.07) is 7.13. The van der Waals surface area contributed by atoms with Crippen molar-refractivity contribution in [2.75, 3.05) is 13.1 Å². The SMILES string of the molecule is O=C(O)[C@H]1CCN(C(=O)c2cccc(Br)c2)C1. The third-order valence-electron chi connectivity index (χ3n) is 2.90. The van der Waals surface area contributed by atoms with Gasteiger partial charge in [0.2, 0.25) is 0 Å². The average Bonchev–Trinajstić information content (AvgIpc) is 2.77. The predicted molar refractivity (Wildman–Crippen MR) is 65.8 cm³/mol. The summed E-state index contributed by atoms with van der Waals surface area (Å²) in [4.78, 5) is 24.5. The van der Waals surface area contributed by atoms with E-state index in [4.69, 9.17) is 5.11 Å². The first-order chi connectivity index (χ1) is 8.08. The van der Waals surface area contributed by atoms with Crippen LogP contribution < -0.4 is 0 Å². The number of carbonyl (C=O) groups is 2. The third kappa shape index (κ3) is 2.66. The molecule has 1 aliphatic rings. The first-order valence-electron chi connectivity index (χ1n) is 5.35. The van der Waals surface area contributed by atoms with E-state index in [1.807, 2.05) is 6.07 Å². The molecule has 1 N–H and O–H groups in total. The van der Waals surface area contributed by atoms with Crippen molar-refractivity contribution in [3.05, 3.63) is 34.3 Å². The quantitative estimate of drug-likeness (QED) is 0.908. The zero-order valence-electron chi connectivity index (χ0n) is 9.10. The number of amides is 1. The van der Waals surface area contributed by atoms with Gasteiger partial charge in [-0.25, -0.2) is 0 Å². The average molecular weight is 298 g/mol. The van der Waals surface area contributed by atoms with E-state index in [-0.39, 0.29) is 5.91 Å². The zero-order chi connectivity index (χ0) is 12.4. The Hall–Kier alpha value is -1.36. The summed E-state index contributed by atoms with van der Waals surface area (Å²) in [6.45, 7) is 0.822. The largest absolute Gasteiger partial charge is 0.481 e. The minimum absolute atomic E-state index is 0.102.